The van der Waals surface area contributed by atoms with Gasteiger partial charge < -0.3 is 38.9 Å². The molecule has 316 valence electrons. The lowest BCUT2D eigenvalue weighted by atomic mass is 9.55. The molecule has 0 radical (unpaired) electrons. The van der Waals surface area contributed by atoms with E-state index in [1.165, 1.54) is 34.1 Å². The van der Waals surface area contributed by atoms with Crippen LogP contribution in [0.1, 0.15) is 63.4 Å². The highest BCUT2D eigenvalue weighted by Gasteiger charge is 2.65. The van der Waals surface area contributed by atoms with E-state index in [4.69, 9.17) is 23.8 Å². The van der Waals surface area contributed by atoms with E-state index in [-0.39, 0.29) is 55.4 Å². The zero-order chi connectivity index (χ0) is 41.8. The first-order valence-electron chi connectivity index (χ1n) is 20.4. The molecule has 13 nitrogen and oxygen atoms in total. The molecular weight excluding hydrogens is 775 g/mol. The van der Waals surface area contributed by atoms with Gasteiger partial charge in [0.25, 0.3) is 5.69 Å². The number of nitrogens with zero attached hydrogens (tertiary/aromatic N) is 3. The number of ether oxygens (including phenoxy) is 4. The number of non-ortho nitro benzene ring substituents is 1. The number of hydrogen-bond acceptors (Lipinski definition) is 12. The van der Waals surface area contributed by atoms with Crippen molar-refractivity contribution in [3.05, 3.63) is 113 Å². The molecule has 3 aromatic carbocycles. The Balaban J connectivity index is 1.45. The van der Waals surface area contributed by atoms with E-state index in [1.54, 1.807) is 24.9 Å². The van der Waals surface area contributed by atoms with Gasteiger partial charge in [0.05, 0.1) is 29.8 Å². The van der Waals surface area contributed by atoms with E-state index in [1.807, 2.05) is 37.3 Å². The van der Waals surface area contributed by atoms with Gasteiger partial charge in [0, 0.05) is 60.9 Å². The van der Waals surface area contributed by atoms with Gasteiger partial charge in [-0.2, -0.15) is 0 Å². The number of nitro groups is 1. The Morgan fingerprint density at radius 2 is 1.78 bits per heavy atom. The molecule has 3 aliphatic rings. The number of amides is 1. The molecule has 14 heteroatoms. The van der Waals surface area contributed by atoms with Crippen LogP contribution in [0.5, 0.6) is 17.2 Å². The zero-order valence-corrected chi connectivity index (χ0v) is 34.6. The minimum absolute atomic E-state index is 0.0525. The van der Waals surface area contributed by atoms with E-state index in [0.29, 0.717) is 43.3 Å². The highest BCUT2D eigenvalue weighted by molar-refractivity contribution is 7.99. The summed E-state index contributed by atoms with van der Waals surface area (Å²) in [6, 6.07) is 20.6. The average molecular weight is 830 g/mol. The second-order valence-electron chi connectivity index (χ2n) is 14.9. The third kappa shape index (κ3) is 10.1. The van der Waals surface area contributed by atoms with Crippen molar-refractivity contribution in [1.29, 1.82) is 0 Å². The molecule has 1 aliphatic heterocycles. The van der Waals surface area contributed by atoms with Crippen LogP contribution >= 0.6 is 11.8 Å². The first-order valence-corrected chi connectivity index (χ1v) is 21.4. The summed E-state index contributed by atoms with van der Waals surface area (Å²) in [6.45, 7) is 6.94. The minimum atomic E-state index is -1.45. The Morgan fingerprint density at radius 3 is 2.47 bits per heavy atom. The van der Waals surface area contributed by atoms with Gasteiger partial charge in [0.1, 0.15) is 29.9 Å². The molecule has 1 saturated carbocycles. The number of aliphatic hydroxyl groups is 2. The van der Waals surface area contributed by atoms with Crippen molar-refractivity contribution in [1.82, 2.24) is 4.90 Å². The average Bonchev–Trinajstić information content (AvgIpc) is 3.25. The molecule has 3 aromatic rings. The Hall–Kier alpha value is -4.89. The van der Waals surface area contributed by atoms with Crippen LogP contribution in [0.25, 0.3) is 0 Å². The molecule has 2 aliphatic carbocycles. The SMILES string of the molecule is C=CCO[C@@]12Oc3ccc(OCCSc4ccccc4)cc3[C@H]3[C@H](CCCCO)[C@@H](CCCCO)C=C(C(=NOCC)C[C@@H]1N(C)C(=O)Oc1ccc([N+](=O)[O-])cc1)[C@H]32. The Kier molecular flexibility index (Phi) is 15.5. The molecule has 0 saturated heterocycles. The van der Waals surface area contributed by atoms with Crippen molar-refractivity contribution in [2.45, 2.75) is 74.5 Å². The standard InChI is InChI=1S/C45H55N3O10S/c1-4-25-55-45-41(47(3)44(51)57-33-19-17-32(18-20-33)48(52)53)30-39(46-56-5-2)37-28-31(13-9-11-23-49)36(16-10-12-24-50)42(43(37)45)38-29-34(21-22-40(38)58-45)54-26-27-59-35-14-7-6-8-15-35/h4,6-8,14-15,17-22,28-29,31,36,41-43,49-50H,1,5,9-13,16,23-27,30H2,2-3H3/t31-,36+,41-,42+,43+,45+/m0/s1. The number of aliphatic hydroxyl groups excluding tert-OH is 2. The molecule has 0 bridgehead atoms. The fraction of sp³-hybridized carbons (Fsp3) is 0.467. The molecule has 1 heterocycles. The molecule has 6 atom stereocenters. The second kappa shape index (κ2) is 20.9. The normalized spacial score (nSPS) is 23.6. The number of carbonyl (C=O) groups is 1. The summed E-state index contributed by atoms with van der Waals surface area (Å²) in [7, 11) is 1.63. The summed E-state index contributed by atoms with van der Waals surface area (Å²) < 4.78 is 26.3. The molecule has 0 spiro atoms. The number of unbranched alkanes of at least 4 members (excludes halogenated alkanes) is 2. The fourth-order valence-electron chi connectivity index (χ4n) is 8.73. The van der Waals surface area contributed by atoms with Crippen molar-refractivity contribution in [3.63, 3.8) is 0 Å². The third-order valence-electron chi connectivity index (χ3n) is 11.3. The maximum Gasteiger partial charge on any atom is 0.415 e. The number of oxime groups is 1. The smallest absolute Gasteiger partial charge is 0.415 e. The second-order valence-corrected chi connectivity index (χ2v) is 16.1. The molecule has 6 rings (SSSR count). The number of hydrogen-bond donors (Lipinski definition) is 2. The number of carbonyl (C=O) groups excluding carboxylic acids is 1. The van der Waals surface area contributed by atoms with Gasteiger partial charge in [-0.25, -0.2) is 4.79 Å². The highest BCUT2D eigenvalue weighted by Crippen LogP contribution is 2.61. The summed E-state index contributed by atoms with van der Waals surface area (Å²) >= 11 is 1.73. The van der Waals surface area contributed by atoms with Crippen LogP contribution in [0.3, 0.4) is 0 Å². The topological polar surface area (TPSA) is 162 Å². The predicted molar refractivity (Wildman–Crippen MR) is 226 cm³/mol. The fourth-order valence-corrected chi connectivity index (χ4v) is 9.48. The van der Waals surface area contributed by atoms with Crippen molar-refractivity contribution in [2.75, 3.05) is 45.8 Å². The summed E-state index contributed by atoms with van der Waals surface area (Å²) in [4.78, 5) is 33.3. The first kappa shape index (κ1) is 43.7. The lowest BCUT2D eigenvalue weighted by molar-refractivity contribution is -0.384. The van der Waals surface area contributed by atoms with Gasteiger partial charge in [-0.05, 0) is 92.5 Å². The van der Waals surface area contributed by atoms with E-state index in [2.05, 4.69) is 36.0 Å². The Bertz CT molecular complexity index is 1940. The summed E-state index contributed by atoms with van der Waals surface area (Å²) in [5.41, 5.74) is 2.42. The number of nitro benzene ring substituents is 1. The van der Waals surface area contributed by atoms with E-state index >= 15 is 0 Å². The van der Waals surface area contributed by atoms with Crippen LogP contribution in [-0.2, 0) is 9.57 Å². The molecule has 1 amide bonds. The molecule has 2 N–H and O–H groups in total. The van der Waals surface area contributed by atoms with E-state index in [0.717, 1.165) is 42.6 Å². The van der Waals surface area contributed by atoms with Gasteiger partial charge in [-0.15, -0.1) is 18.3 Å². The predicted octanol–water partition coefficient (Wildman–Crippen LogP) is 8.55. The van der Waals surface area contributed by atoms with Crippen LogP contribution in [0.15, 0.2) is 107 Å². The summed E-state index contributed by atoms with van der Waals surface area (Å²) in [6.07, 6.45) is 7.98. The van der Waals surface area contributed by atoms with Gasteiger partial charge in [-0.1, -0.05) is 48.3 Å². The molecule has 0 aromatic heterocycles. The molecule has 0 unspecified atom stereocenters. The van der Waals surface area contributed by atoms with Gasteiger partial charge in [0.2, 0.25) is 5.79 Å². The monoisotopic (exact) mass is 829 g/mol. The van der Waals surface area contributed by atoms with Gasteiger partial charge in [-0.3, -0.25) is 10.1 Å². The number of fused-ring (bicyclic) bond motifs is 2. The number of benzene rings is 3. The van der Waals surface area contributed by atoms with E-state index in [9.17, 15) is 25.1 Å². The van der Waals surface area contributed by atoms with Crippen LogP contribution in [0.4, 0.5) is 10.5 Å². The van der Waals surface area contributed by atoms with Crippen LogP contribution < -0.4 is 14.2 Å². The van der Waals surface area contributed by atoms with Crippen LogP contribution in [-0.4, -0.2) is 89.5 Å². The van der Waals surface area contributed by atoms with Crippen LogP contribution in [0.2, 0.25) is 0 Å². The lowest BCUT2D eigenvalue weighted by Crippen LogP contribution is -2.69. The third-order valence-corrected chi connectivity index (χ3v) is 12.3. The molecule has 59 heavy (non-hydrogen) atoms. The largest absolute Gasteiger partial charge is 0.493 e. The molecular formula is C45H55N3O10S. The number of allylic oxidation sites excluding steroid dienone is 1. The molecule has 1 fully saturated rings. The Morgan fingerprint density at radius 1 is 1.05 bits per heavy atom. The van der Waals surface area contributed by atoms with Crippen molar-refractivity contribution >= 4 is 29.3 Å². The number of likely N-dealkylation sites (N-methyl/N-ethyl adjacent to an activating group) is 1. The zero-order valence-electron chi connectivity index (χ0n) is 33.8. The number of thioether (sulfide) groups is 1. The first-order chi connectivity index (χ1) is 28.7. The summed E-state index contributed by atoms with van der Waals surface area (Å²) in [5, 5.41) is 35.7. The van der Waals surface area contributed by atoms with Gasteiger partial charge in [0.15, 0.2) is 0 Å². The van der Waals surface area contributed by atoms with Crippen molar-refractivity contribution in [2.24, 2.45) is 22.9 Å². The number of rotatable bonds is 21. The minimum Gasteiger partial charge on any atom is -0.493 e. The quantitative estimate of drug-likeness (QED) is 0.0348. The van der Waals surface area contributed by atoms with Crippen molar-refractivity contribution in [3.8, 4) is 17.2 Å². The van der Waals surface area contributed by atoms with Gasteiger partial charge >= 0.3 is 6.09 Å². The Labute approximate surface area is 350 Å². The van der Waals surface area contributed by atoms with E-state index < -0.39 is 28.8 Å². The highest BCUT2D eigenvalue weighted by atomic mass is 32.2. The maximum absolute atomic E-state index is 14.1. The maximum atomic E-state index is 14.1. The van der Waals surface area contributed by atoms with Crippen LogP contribution in [0, 0.1) is 27.9 Å². The lowest BCUT2D eigenvalue weighted by Gasteiger charge is -2.59. The van der Waals surface area contributed by atoms with Crippen molar-refractivity contribution < 1.29 is 43.7 Å². The summed E-state index contributed by atoms with van der Waals surface area (Å²) in [5.74, 6) is 0.202.